The van der Waals surface area contributed by atoms with Gasteiger partial charge in [0.1, 0.15) is 0 Å². The van der Waals surface area contributed by atoms with Gasteiger partial charge in [-0.1, -0.05) is 25.1 Å². The van der Waals surface area contributed by atoms with Crippen LogP contribution in [0.15, 0.2) is 30.5 Å². The molecule has 1 aromatic heterocycles. The van der Waals surface area contributed by atoms with E-state index in [4.69, 9.17) is 0 Å². The molecule has 0 aliphatic heterocycles. The van der Waals surface area contributed by atoms with Gasteiger partial charge >= 0.3 is 0 Å². The van der Waals surface area contributed by atoms with Gasteiger partial charge in [0.05, 0.1) is 5.56 Å². The molecule has 18 heavy (non-hydrogen) atoms. The molecule has 3 heteroatoms. The van der Waals surface area contributed by atoms with Crippen molar-refractivity contribution in [2.24, 2.45) is 11.8 Å². The number of rotatable bonds is 4. The van der Waals surface area contributed by atoms with Crippen molar-refractivity contribution >= 4 is 16.8 Å². The van der Waals surface area contributed by atoms with Crippen LogP contribution in [-0.2, 0) is 0 Å². The average Bonchev–Trinajstić information content (AvgIpc) is 3.15. The van der Waals surface area contributed by atoms with Gasteiger partial charge in [-0.15, -0.1) is 0 Å². The number of carbonyl (C=O) groups excluding carboxylic acids is 1. The normalized spacial score (nSPS) is 16.7. The first-order chi connectivity index (χ1) is 8.75. The number of hydrogen-bond donors (Lipinski definition) is 2. The Kier molecular flexibility index (Phi) is 2.82. The van der Waals surface area contributed by atoms with Crippen molar-refractivity contribution in [1.29, 1.82) is 0 Å². The second kappa shape index (κ2) is 4.48. The molecule has 1 saturated carbocycles. The minimum atomic E-state index is 0.0277. The maximum Gasteiger partial charge on any atom is 0.253 e. The molecule has 1 unspecified atom stereocenters. The Morgan fingerprint density at radius 3 is 3.00 bits per heavy atom. The number of aromatic amines is 1. The summed E-state index contributed by atoms with van der Waals surface area (Å²) in [6.45, 7) is 3.00. The highest BCUT2D eigenvalue weighted by atomic mass is 16.1. The van der Waals surface area contributed by atoms with E-state index in [1.807, 2.05) is 24.3 Å². The monoisotopic (exact) mass is 242 g/mol. The number of amides is 1. The Hall–Kier alpha value is -1.77. The Morgan fingerprint density at radius 1 is 1.44 bits per heavy atom. The fraction of sp³-hybridized carbons (Fsp3) is 0.400. The van der Waals surface area contributed by atoms with E-state index in [9.17, 15) is 4.79 Å². The lowest BCUT2D eigenvalue weighted by Gasteiger charge is -2.10. The van der Waals surface area contributed by atoms with E-state index >= 15 is 0 Å². The van der Waals surface area contributed by atoms with Crippen molar-refractivity contribution in [1.82, 2.24) is 10.3 Å². The fourth-order valence-corrected chi connectivity index (χ4v) is 2.44. The van der Waals surface area contributed by atoms with E-state index in [1.165, 1.54) is 12.8 Å². The van der Waals surface area contributed by atoms with Gasteiger partial charge in [0.2, 0.25) is 0 Å². The molecule has 0 radical (unpaired) electrons. The van der Waals surface area contributed by atoms with Crippen molar-refractivity contribution in [3.05, 3.63) is 36.0 Å². The zero-order valence-corrected chi connectivity index (χ0v) is 10.6. The van der Waals surface area contributed by atoms with E-state index in [-0.39, 0.29) is 5.91 Å². The number of nitrogens with one attached hydrogen (secondary N) is 2. The van der Waals surface area contributed by atoms with Gasteiger partial charge in [-0.25, -0.2) is 0 Å². The lowest BCUT2D eigenvalue weighted by molar-refractivity contribution is 0.0948. The largest absolute Gasteiger partial charge is 0.360 e. The molecule has 1 atom stereocenters. The summed E-state index contributed by atoms with van der Waals surface area (Å²) in [6, 6.07) is 7.89. The summed E-state index contributed by atoms with van der Waals surface area (Å²) in [5.41, 5.74) is 1.76. The van der Waals surface area contributed by atoms with Crippen LogP contribution in [0.2, 0.25) is 0 Å². The van der Waals surface area contributed by atoms with E-state index in [1.54, 1.807) is 6.20 Å². The third kappa shape index (κ3) is 2.13. The standard InChI is InChI=1S/C15H18N2O/c1-10(11-6-7-11)8-17-15(18)13-9-16-14-5-3-2-4-12(13)14/h2-5,9-11,16H,6-8H2,1H3,(H,17,18). The molecule has 0 spiro atoms. The van der Waals surface area contributed by atoms with Gasteiger partial charge in [0, 0.05) is 23.6 Å². The highest BCUT2D eigenvalue weighted by Crippen LogP contribution is 2.36. The van der Waals surface area contributed by atoms with Crippen molar-refractivity contribution < 1.29 is 4.79 Å². The van der Waals surface area contributed by atoms with Crippen LogP contribution in [-0.4, -0.2) is 17.4 Å². The van der Waals surface area contributed by atoms with Crippen molar-refractivity contribution in [2.75, 3.05) is 6.54 Å². The van der Waals surface area contributed by atoms with Crippen molar-refractivity contribution in [3.63, 3.8) is 0 Å². The first-order valence-corrected chi connectivity index (χ1v) is 6.60. The van der Waals surface area contributed by atoms with Crippen molar-refractivity contribution in [3.8, 4) is 0 Å². The van der Waals surface area contributed by atoms with Gasteiger partial charge in [0.15, 0.2) is 0 Å². The topological polar surface area (TPSA) is 44.9 Å². The zero-order chi connectivity index (χ0) is 12.5. The second-order valence-corrected chi connectivity index (χ2v) is 5.27. The average molecular weight is 242 g/mol. The summed E-state index contributed by atoms with van der Waals surface area (Å²) >= 11 is 0. The maximum absolute atomic E-state index is 12.1. The molecular formula is C15H18N2O. The van der Waals surface area contributed by atoms with Gasteiger partial charge in [-0.2, -0.15) is 0 Å². The molecule has 94 valence electrons. The maximum atomic E-state index is 12.1. The third-order valence-corrected chi connectivity index (χ3v) is 3.85. The number of carbonyl (C=O) groups is 1. The Bertz CT molecular complexity index is 569. The number of benzene rings is 1. The molecule has 0 saturated heterocycles. The summed E-state index contributed by atoms with van der Waals surface area (Å²) in [4.78, 5) is 15.3. The minimum Gasteiger partial charge on any atom is -0.360 e. The summed E-state index contributed by atoms with van der Waals surface area (Å²) < 4.78 is 0. The van der Waals surface area contributed by atoms with Crippen LogP contribution in [0.1, 0.15) is 30.1 Å². The highest BCUT2D eigenvalue weighted by molar-refractivity contribution is 6.06. The second-order valence-electron chi connectivity index (χ2n) is 5.27. The SMILES string of the molecule is CC(CNC(=O)c1c[nH]c2ccccc12)C1CC1. The van der Waals surface area contributed by atoms with E-state index < -0.39 is 0 Å². The number of fused-ring (bicyclic) bond motifs is 1. The fourth-order valence-electron chi connectivity index (χ4n) is 2.44. The Labute approximate surface area is 107 Å². The molecule has 1 aliphatic rings. The number of para-hydroxylation sites is 1. The molecule has 1 aromatic carbocycles. The smallest absolute Gasteiger partial charge is 0.253 e. The molecule has 3 nitrogen and oxygen atoms in total. The highest BCUT2D eigenvalue weighted by Gasteiger charge is 2.28. The Balaban J connectivity index is 1.71. The number of aromatic nitrogens is 1. The van der Waals surface area contributed by atoms with Gasteiger partial charge in [-0.3, -0.25) is 4.79 Å². The van der Waals surface area contributed by atoms with E-state index in [0.29, 0.717) is 5.92 Å². The lowest BCUT2D eigenvalue weighted by atomic mass is 10.1. The summed E-state index contributed by atoms with van der Waals surface area (Å²) in [6.07, 6.45) is 4.44. The summed E-state index contributed by atoms with van der Waals surface area (Å²) in [5, 5.41) is 4.03. The predicted octanol–water partition coefficient (Wildman–Crippen LogP) is 2.94. The molecule has 1 aliphatic carbocycles. The van der Waals surface area contributed by atoms with Gasteiger partial charge in [-0.05, 0) is 30.7 Å². The molecule has 1 fully saturated rings. The lowest BCUT2D eigenvalue weighted by Crippen LogP contribution is -2.28. The van der Waals surface area contributed by atoms with Crippen LogP contribution in [0, 0.1) is 11.8 Å². The van der Waals surface area contributed by atoms with Gasteiger partial charge in [0.25, 0.3) is 5.91 Å². The summed E-state index contributed by atoms with van der Waals surface area (Å²) in [5.74, 6) is 1.45. The first-order valence-electron chi connectivity index (χ1n) is 6.60. The third-order valence-electron chi connectivity index (χ3n) is 3.85. The number of H-pyrrole nitrogens is 1. The zero-order valence-electron chi connectivity index (χ0n) is 10.6. The van der Waals surface area contributed by atoms with Crippen LogP contribution >= 0.6 is 0 Å². The van der Waals surface area contributed by atoms with E-state index in [0.717, 1.165) is 28.9 Å². The summed E-state index contributed by atoms with van der Waals surface area (Å²) in [7, 11) is 0. The molecule has 2 aromatic rings. The predicted molar refractivity (Wildman–Crippen MR) is 72.5 cm³/mol. The quantitative estimate of drug-likeness (QED) is 0.850. The van der Waals surface area contributed by atoms with Crippen LogP contribution in [0.3, 0.4) is 0 Å². The Morgan fingerprint density at radius 2 is 2.22 bits per heavy atom. The van der Waals surface area contributed by atoms with Crippen LogP contribution < -0.4 is 5.32 Å². The molecule has 0 bridgehead atoms. The molecule has 1 heterocycles. The first kappa shape index (κ1) is 11.3. The minimum absolute atomic E-state index is 0.0277. The van der Waals surface area contributed by atoms with Crippen LogP contribution in [0.4, 0.5) is 0 Å². The molecule has 2 N–H and O–H groups in total. The van der Waals surface area contributed by atoms with Gasteiger partial charge < -0.3 is 10.3 Å². The van der Waals surface area contributed by atoms with Crippen LogP contribution in [0.25, 0.3) is 10.9 Å². The molecule has 3 rings (SSSR count). The number of hydrogen-bond acceptors (Lipinski definition) is 1. The molecular weight excluding hydrogens is 224 g/mol. The van der Waals surface area contributed by atoms with Crippen LogP contribution in [0.5, 0.6) is 0 Å². The molecule has 1 amide bonds. The van der Waals surface area contributed by atoms with Crippen molar-refractivity contribution in [2.45, 2.75) is 19.8 Å². The van der Waals surface area contributed by atoms with E-state index in [2.05, 4.69) is 17.2 Å².